The predicted molar refractivity (Wildman–Crippen MR) is 104 cm³/mol. The van der Waals surface area contributed by atoms with Crippen LogP contribution < -0.4 is 15.2 Å². The molecule has 0 amide bonds. The molecule has 0 bridgehead atoms. The third-order valence-corrected chi connectivity index (χ3v) is 3.85. The second kappa shape index (κ2) is 9.48. The van der Waals surface area contributed by atoms with E-state index < -0.39 is 6.36 Å². The molecule has 0 atom stereocenters. The van der Waals surface area contributed by atoms with Gasteiger partial charge in [-0.2, -0.15) is 0 Å². The fourth-order valence-corrected chi connectivity index (χ4v) is 2.64. The summed E-state index contributed by atoms with van der Waals surface area (Å²) in [4.78, 5) is 0. The SMILES string of the molecule is Cl.NCc1cc(OC(F)(F)F)cc(-c2cccc(OCc3ccccc3)c2)c1. The summed E-state index contributed by atoms with van der Waals surface area (Å²) in [5, 5.41) is 0. The Morgan fingerprint density at radius 2 is 1.46 bits per heavy atom. The molecule has 0 spiro atoms. The monoisotopic (exact) mass is 409 g/mol. The molecule has 0 aliphatic heterocycles. The standard InChI is InChI=1S/C21H18F3NO2.ClH/c22-21(23,24)27-20-10-16(13-25)9-18(12-20)17-7-4-8-19(11-17)26-14-15-5-2-1-3-6-15;/h1-12H,13-14,25H2;1H. The molecule has 148 valence electrons. The zero-order valence-corrected chi connectivity index (χ0v) is 15.6. The quantitative estimate of drug-likeness (QED) is 0.567. The van der Waals surface area contributed by atoms with Crippen molar-refractivity contribution in [3.05, 3.63) is 83.9 Å². The normalized spacial score (nSPS) is 10.9. The van der Waals surface area contributed by atoms with Gasteiger partial charge < -0.3 is 15.2 Å². The summed E-state index contributed by atoms with van der Waals surface area (Å²) in [7, 11) is 0. The van der Waals surface area contributed by atoms with E-state index in [1.165, 1.54) is 12.1 Å². The van der Waals surface area contributed by atoms with Crippen molar-refractivity contribution in [1.29, 1.82) is 0 Å². The van der Waals surface area contributed by atoms with Gasteiger partial charge in [0.25, 0.3) is 0 Å². The Hall–Kier alpha value is -2.70. The van der Waals surface area contributed by atoms with Crippen molar-refractivity contribution < 1.29 is 22.6 Å². The first-order valence-corrected chi connectivity index (χ1v) is 8.30. The number of benzene rings is 3. The molecular weight excluding hydrogens is 391 g/mol. The van der Waals surface area contributed by atoms with E-state index in [2.05, 4.69) is 4.74 Å². The van der Waals surface area contributed by atoms with Gasteiger partial charge in [-0.1, -0.05) is 42.5 Å². The molecule has 2 N–H and O–H groups in total. The second-order valence-corrected chi connectivity index (χ2v) is 5.92. The Balaban J connectivity index is 0.00000280. The molecule has 0 aromatic heterocycles. The summed E-state index contributed by atoms with van der Waals surface area (Å²) in [6.07, 6.45) is -4.76. The Morgan fingerprint density at radius 1 is 0.750 bits per heavy atom. The Labute approximate surface area is 167 Å². The van der Waals surface area contributed by atoms with Crippen LogP contribution in [0, 0.1) is 0 Å². The molecule has 0 saturated heterocycles. The van der Waals surface area contributed by atoms with Crippen molar-refractivity contribution in [2.75, 3.05) is 0 Å². The van der Waals surface area contributed by atoms with Gasteiger partial charge in [-0.05, 0) is 52.6 Å². The lowest BCUT2D eigenvalue weighted by molar-refractivity contribution is -0.274. The summed E-state index contributed by atoms with van der Waals surface area (Å²) in [5.74, 6) is 0.323. The smallest absolute Gasteiger partial charge is 0.489 e. The van der Waals surface area contributed by atoms with Crippen molar-refractivity contribution in [3.63, 3.8) is 0 Å². The second-order valence-electron chi connectivity index (χ2n) is 5.92. The van der Waals surface area contributed by atoms with E-state index in [-0.39, 0.29) is 24.7 Å². The van der Waals surface area contributed by atoms with Gasteiger partial charge in [0.05, 0.1) is 0 Å². The first-order chi connectivity index (χ1) is 12.9. The molecule has 3 aromatic rings. The zero-order valence-electron chi connectivity index (χ0n) is 14.8. The van der Waals surface area contributed by atoms with Crippen LogP contribution in [0.1, 0.15) is 11.1 Å². The van der Waals surface area contributed by atoms with Crippen LogP contribution in [0.25, 0.3) is 11.1 Å². The fourth-order valence-electron chi connectivity index (χ4n) is 2.64. The average molecular weight is 410 g/mol. The van der Waals surface area contributed by atoms with E-state index in [0.29, 0.717) is 29.0 Å². The highest BCUT2D eigenvalue weighted by Crippen LogP contribution is 2.31. The highest BCUT2D eigenvalue weighted by atomic mass is 35.5. The molecule has 0 saturated carbocycles. The number of alkyl halides is 3. The molecule has 0 unspecified atom stereocenters. The maximum atomic E-state index is 12.6. The van der Waals surface area contributed by atoms with Crippen LogP contribution in [0.4, 0.5) is 13.2 Å². The number of hydrogen-bond acceptors (Lipinski definition) is 3. The molecule has 0 fully saturated rings. The van der Waals surface area contributed by atoms with Gasteiger partial charge in [0.2, 0.25) is 0 Å². The van der Waals surface area contributed by atoms with E-state index >= 15 is 0 Å². The van der Waals surface area contributed by atoms with Crippen molar-refractivity contribution in [2.24, 2.45) is 5.73 Å². The van der Waals surface area contributed by atoms with Crippen molar-refractivity contribution in [3.8, 4) is 22.6 Å². The summed E-state index contributed by atoms with van der Waals surface area (Å²) in [5.41, 5.74) is 8.46. The van der Waals surface area contributed by atoms with Crippen LogP contribution >= 0.6 is 12.4 Å². The minimum Gasteiger partial charge on any atom is -0.489 e. The molecule has 3 rings (SSSR count). The molecule has 7 heteroatoms. The van der Waals surface area contributed by atoms with Crippen LogP contribution in [-0.2, 0) is 13.2 Å². The number of rotatable bonds is 6. The molecular formula is C21H19ClF3NO2. The Kier molecular flexibility index (Phi) is 7.31. The molecule has 0 radical (unpaired) electrons. The minimum atomic E-state index is -4.76. The summed E-state index contributed by atoms with van der Waals surface area (Å²) >= 11 is 0. The van der Waals surface area contributed by atoms with Gasteiger partial charge in [-0.3, -0.25) is 0 Å². The summed E-state index contributed by atoms with van der Waals surface area (Å²) in [6.45, 7) is 0.502. The maximum Gasteiger partial charge on any atom is 0.573 e. The van der Waals surface area contributed by atoms with Crippen molar-refractivity contribution in [1.82, 2.24) is 0 Å². The Morgan fingerprint density at radius 3 is 2.14 bits per heavy atom. The third-order valence-electron chi connectivity index (χ3n) is 3.85. The molecule has 3 aromatic carbocycles. The largest absolute Gasteiger partial charge is 0.573 e. The maximum absolute atomic E-state index is 12.6. The number of hydrogen-bond donors (Lipinski definition) is 1. The fraction of sp³-hybridized carbons (Fsp3) is 0.143. The van der Waals surface area contributed by atoms with Gasteiger partial charge >= 0.3 is 6.36 Å². The van der Waals surface area contributed by atoms with Crippen LogP contribution in [0.3, 0.4) is 0 Å². The van der Waals surface area contributed by atoms with Crippen LogP contribution in [0.5, 0.6) is 11.5 Å². The van der Waals surface area contributed by atoms with Crippen LogP contribution in [-0.4, -0.2) is 6.36 Å². The van der Waals surface area contributed by atoms with Crippen LogP contribution in [0.2, 0.25) is 0 Å². The first kappa shape index (κ1) is 21.6. The number of nitrogens with two attached hydrogens (primary N) is 1. The summed E-state index contributed by atoms with van der Waals surface area (Å²) in [6, 6.07) is 21.2. The van der Waals surface area contributed by atoms with Gasteiger partial charge in [-0.25, -0.2) is 0 Å². The molecule has 0 heterocycles. The van der Waals surface area contributed by atoms with E-state index in [9.17, 15) is 13.2 Å². The zero-order chi connectivity index (χ0) is 19.3. The minimum absolute atomic E-state index is 0. The summed E-state index contributed by atoms with van der Waals surface area (Å²) < 4.78 is 47.5. The number of ether oxygens (including phenoxy) is 2. The highest BCUT2D eigenvalue weighted by Gasteiger charge is 2.31. The van der Waals surface area contributed by atoms with Crippen LogP contribution in [0.15, 0.2) is 72.8 Å². The highest BCUT2D eigenvalue weighted by molar-refractivity contribution is 5.85. The van der Waals surface area contributed by atoms with Gasteiger partial charge in [-0.15, -0.1) is 25.6 Å². The lowest BCUT2D eigenvalue weighted by Crippen LogP contribution is -2.17. The predicted octanol–water partition coefficient (Wildman–Crippen LogP) is 5.71. The van der Waals surface area contributed by atoms with Gasteiger partial charge in [0.15, 0.2) is 0 Å². The average Bonchev–Trinajstić information content (AvgIpc) is 2.66. The molecule has 28 heavy (non-hydrogen) atoms. The van der Waals surface area contributed by atoms with Crippen molar-refractivity contribution >= 4 is 12.4 Å². The number of halogens is 4. The third kappa shape index (κ3) is 6.18. The van der Waals surface area contributed by atoms with E-state index in [0.717, 1.165) is 5.56 Å². The van der Waals surface area contributed by atoms with E-state index in [1.54, 1.807) is 30.3 Å². The lowest BCUT2D eigenvalue weighted by atomic mass is 10.0. The van der Waals surface area contributed by atoms with Crippen molar-refractivity contribution in [2.45, 2.75) is 19.5 Å². The Bertz CT molecular complexity index is 902. The molecule has 0 aliphatic carbocycles. The van der Waals surface area contributed by atoms with E-state index in [1.807, 2.05) is 30.3 Å². The molecule has 3 nitrogen and oxygen atoms in total. The lowest BCUT2D eigenvalue weighted by Gasteiger charge is -2.13. The van der Waals surface area contributed by atoms with Gasteiger partial charge in [0, 0.05) is 6.54 Å². The van der Waals surface area contributed by atoms with Gasteiger partial charge in [0.1, 0.15) is 18.1 Å². The topological polar surface area (TPSA) is 44.5 Å². The van der Waals surface area contributed by atoms with E-state index in [4.69, 9.17) is 10.5 Å². The molecule has 0 aliphatic rings. The first-order valence-electron chi connectivity index (χ1n) is 8.30.